The third-order valence-corrected chi connectivity index (χ3v) is 4.44. The number of benzene rings is 1. The van der Waals surface area contributed by atoms with E-state index in [0.717, 1.165) is 35.7 Å². The molecule has 0 atom stereocenters. The molecule has 0 amide bonds. The van der Waals surface area contributed by atoms with E-state index in [1.165, 1.54) is 25.7 Å². The van der Waals surface area contributed by atoms with Crippen molar-refractivity contribution < 1.29 is 0 Å². The van der Waals surface area contributed by atoms with Crippen LogP contribution < -0.4 is 10.2 Å². The molecule has 0 radical (unpaired) electrons. The maximum atomic E-state index is 6.35. The Hall–Kier alpha value is -1.88. The number of aromatic nitrogens is 3. The van der Waals surface area contributed by atoms with E-state index >= 15 is 0 Å². The fourth-order valence-corrected chi connectivity index (χ4v) is 3.35. The quantitative estimate of drug-likeness (QED) is 0.910. The molecule has 1 aliphatic heterocycles. The Morgan fingerprint density at radius 1 is 1.09 bits per heavy atom. The highest BCUT2D eigenvalue weighted by Gasteiger charge is 2.13. The molecule has 1 aliphatic rings. The van der Waals surface area contributed by atoms with Gasteiger partial charge in [0, 0.05) is 13.1 Å². The van der Waals surface area contributed by atoms with Gasteiger partial charge in [0.25, 0.3) is 0 Å². The predicted octanol–water partition coefficient (Wildman–Crippen LogP) is 4.27. The number of rotatable bonds is 3. The van der Waals surface area contributed by atoms with E-state index < -0.39 is 0 Å². The number of nitrogens with one attached hydrogen (secondary N) is 1. The van der Waals surface area contributed by atoms with Crippen molar-refractivity contribution in [2.45, 2.75) is 39.5 Å². The van der Waals surface area contributed by atoms with Gasteiger partial charge in [0.05, 0.1) is 16.9 Å². The van der Waals surface area contributed by atoms with Gasteiger partial charge in [-0.05, 0) is 43.9 Å². The van der Waals surface area contributed by atoms with Crippen molar-refractivity contribution in [2.24, 2.45) is 0 Å². The molecule has 1 N–H and O–H groups in total. The van der Waals surface area contributed by atoms with Crippen LogP contribution in [0, 0.1) is 13.8 Å². The number of anilines is 3. The highest BCUT2D eigenvalue weighted by atomic mass is 35.5. The highest BCUT2D eigenvalue weighted by molar-refractivity contribution is 6.33. The summed E-state index contributed by atoms with van der Waals surface area (Å²) >= 11 is 6.35. The molecule has 23 heavy (non-hydrogen) atoms. The molecule has 1 saturated heterocycles. The lowest BCUT2D eigenvalue weighted by molar-refractivity contribution is 0.726. The zero-order valence-electron chi connectivity index (χ0n) is 13.6. The minimum Gasteiger partial charge on any atom is -0.355 e. The van der Waals surface area contributed by atoms with Crippen molar-refractivity contribution >= 4 is 29.1 Å². The summed E-state index contributed by atoms with van der Waals surface area (Å²) < 4.78 is 0. The molecule has 1 fully saturated rings. The predicted molar refractivity (Wildman–Crippen MR) is 94.7 cm³/mol. The van der Waals surface area contributed by atoms with E-state index in [1.807, 2.05) is 19.9 Å². The molecule has 1 aromatic heterocycles. The molecule has 5 nitrogen and oxygen atoms in total. The van der Waals surface area contributed by atoms with Gasteiger partial charge in [-0.25, -0.2) is 0 Å². The monoisotopic (exact) mass is 331 g/mol. The molecule has 0 bridgehead atoms. The zero-order chi connectivity index (χ0) is 16.2. The largest absolute Gasteiger partial charge is 0.355 e. The number of halogens is 1. The molecule has 0 unspecified atom stereocenters. The van der Waals surface area contributed by atoms with Crippen LogP contribution in [0.3, 0.4) is 0 Å². The second-order valence-electron chi connectivity index (χ2n) is 6.10. The molecule has 0 spiro atoms. The minimum atomic E-state index is 0.487. The maximum Gasteiger partial charge on any atom is 0.249 e. The van der Waals surface area contributed by atoms with E-state index in [1.54, 1.807) is 6.20 Å². The summed E-state index contributed by atoms with van der Waals surface area (Å²) in [4.78, 5) is 6.91. The second-order valence-corrected chi connectivity index (χ2v) is 6.51. The first-order valence-corrected chi connectivity index (χ1v) is 8.50. The van der Waals surface area contributed by atoms with Crippen LogP contribution in [0.4, 0.5) is 17.5 Å². The first-order valence-electron chi connectivity index (χ1n) is 8.12. The van der Waals surface area contributed by atoms with Crippen LogP contribution in [-0.2, 0) is 0 Å². The lowest BCUT2D eigenvalue weighted by Gasteiger charge is -2.21. The average Bonchev–Trinajstić information content (AvgIpc) is 2.80. The van der Waals surface area contributed by atoms with Gasteiger partial charge < -0.3 is 10.2 Å². The second kappa shape index (κ2) is 7.13. The maximum absolute atomic E-state index is 6.35. The van der Waals surface area contributed by atoms with Crippen LogP contribution in [0.1, 0.15) is 36.8 Å². The number of hydrogen-bond acceptors (Lipinski definition) is 5. The van der Waals surface area contributed by atoms with Crippen molar-refractivity contribution in [3.8, 4) is 0 Å². The van der Waals surface area contributed by atoms with Gasteiger partial charge in [-0.1, -0.05) is 30.5 Å². The summed E-state index contributed by atoms with van der Waals surface area (Å²) in [5.74, 6) is 1.37. The lowest BCUT2D eigenvalue weighted by atomic mass is 10.1. The molecule has 3 rings (SSSR count). The van der Waals surface area contributed by atoms with E-state index in [9.17, 15) is 0 Å². The van der Waals surface area contributed by atoms with Crippen LogP contribution >= 0.6 is 11.6 Å². The topological polar surface area (TPSA) is 53.9 Å². The third kappa shape index (κ3) is 3.91. The van der Waals surface area contributed by atoms with Crippen LogP contribution in [0.25, 0.3) is 0 Å². The Kier molecular flexibility index (Phi) is 4.96. The van der Waals surface area contributed by atoms with Crippen molar-refractivity contribution in [1.29, 1.82) is 0 Å². The van der Waals surface area contributed by atoms with Crippen LogP contribution in [0.15, 0.2) is 18.3 Å². The average molecular weight is 332 g/mol. The molecule has 6 heteroatoms. The van der Waals surface area contributed by atoms with Gasteiger partial charge in [-0.3, -0.25) is 0 Å². The molecular weight excluding hydrogens is 310 g/mol. The van der Waals surface area contributed by atoms with Gasteiger partial charge in [0.1, 0.15) is 0 Å². The number of aryl methyl sites for hydroxylation is 2. The Morgan fingerprint density at radius 3 is 2.52 bits per heavy atom. The summed E-state index contributed by atoms with van der Waals surface area (Å²) in [5.41, 5.74) is 3.04. The first-order chi connectivity index (χ1) is 11.1. The standard InChI is InChI=1S/C17H22ClN5/c1-12-9-13(2)16(14(18)10-12)21-17-20-15(11-19-22-17)23-7-5-3-4-6-8-23/h9-11H,3-8H2,1-2H3,(H,20,21,22). The molecule has 0 aliphatic carbocycles. The Bertz CT molecular complexity index is 657. The SMILES string of the molecule is Cc1cc(C)c(Nc2nncc(N3CCCCCC3)n2)c(Cl)c1. The first kappa shape index (κ1) is 16.0. The van der Waals surface area contributed by atoms with Gasteiger partial charge in [-0.15, -0.1) is 5.10 Å². The van der Waals surface area contributed by atoms with Gasteiger partial charge in [-0.2, -0.15) is 10.1 Å². The van der Waals surface area contributed by atoms with E-state index in [2.05, 4.69) is 31.5 Å². The highest BCUT2D eigenvalue weighted by Crippen LogP contribution is 2.29. The fraction of sp³-hybridized carbons (Fsp3) is 0.471. The van der Waals surface area contributed by atoms with Crippen molar-refractivity contribution in [2.75, 3.05) is 23.3 Å². The normalized spacial score (nSPS) is 15.3. The van der Waals surface area contributed by atoms with Gasteiger partial charge >= 0.3 is 0 Å². The van der Waals surface area contributed by atoms with Crippen molar-refractivity contribution in [3.05, 3.63) is 34.5 Å². The zero-order valence-corrected chi connectivity index (χ0v) is 14.4. The Labute approximate surface area is 142 Å². The molecule has 2 aromatic rings. The molecule has 0 saturated carbocycles. The summed E-state index contributed by atoms with van der Waals surface area (Å²) in [6.45, 7) is 6.11. The molecular formula is C17H22ClN5. The molecule has 122 valence electrons. The van der Waals surface area contributed by atoms with E-state index in [4.69, 9.17) is 11.6 Å². The van der Waals surface area contributed by atoms with E-state index in [0.29, 0.717) is 11.0 Å². The lowest BCUT2D eigenvalue weighted by Crippen LogP contribution is -2.25. The molecule has 2 heterocycles. The van der Waals surface area contributed by atoms with Gasteiger partial charge in [0.2, 0.25) is 5.95 Å². The number of nitrogens with zero attached hydrogens (tertiary/aromatic N) is 4. The van der Waals surface area contributed by atoms with Crippen molar-refractivity contribution in [3.63, 3.8) is 0 Å². The summed E-state index contributed by atoms with van der Waals surface area (Å²) in [7, 11) is 0. The summed E-state index contributed by atoms with van der Waals surface area (Å²) in [6, 6.07) is 4.02. The summed E-state index contributed by atoms with van der Waals surface area (Å²) in [6.07, 6.45) is 6.72. The van der Waals surface area contributed by atoms with Crippen LogP contribution in [0.5, 0.6) is 0 Å². The smallest absolute Gasteiger partial charge is 0.249 e. The number of hydrogen-bond donors (Lipinski definition) is 1. The van der Waals surface area contributed by atoms with E-state index in [-0.39, 0.29) is 0 Å². The van der Waals surface area contributed by atoms with Crippen LogP contribution in [-0.4, -0.2) is 28.3 Å². The van der Waals surface area contributed by atoms with Gasteiger partial charge in [0.15, 0.2) is 5.82 Å². The van der Waals surface area contributed by atoms with Crippen LogP contribution in [0.2, 0.25) is 5.02 Å². The summed E-state index contributed by atoms with van der Waals surface area (Å²) in [5, 5.41) is 12.1. The third-order valence-electron chi connectivity index (χ3n) is 4.14. The Morgan fingerprint density at radius 2 is 1.83 bits per heavy atom. The minimum absolute atomic E-state index is 0.487. The van der Waals surface area contributed by atoms with Crippen molar-refractivity contribution in [1.82, 2.24) is 15.2 Å². The fourth-order valence-electron chi connectivity index (χ4n) is 2.99. The molecule has 1 aromatic carbocycles. The Balaban J connectivity index is 1.83.